The van der Waals surface area contributed by atoms with Crippen molar-refractivity contribution >= 4 is 0 Å². The third-order valence-corrected chi connectivity index (χ3v) is 2.14. The van der Waals surface area contributed by atoms with Crippen molar-refractivity contribution in [2.24, 2.45) is 11.8 Å². The molecule has 1 fully saturated rings. The van der Waals surface area contributed by atoms with Crippen LogP contribution in [-0.4, -0.2) is 0 Å². The van der Waals surface area contributed by atoms with Gasteiger partial charge in [-0.15, -0.1) is 0 Å². The maximum absolute atomic E-state index is 2.32. The van der Waals surface area contributed by atoms with Crippen molar-refractivity contribution in [2.45, 2.75) is 13.3 Å². The fourth-order valence-electron chi connectivity index (χ4n) is 1.42. The van der Waals surface area contributed by atoms with Crippen LogP contribution in [-0.2, 0) is 0 Å². The number of fused-ring (bicyclic) bond motifs is 1. The van der Waals surface area contributed by atoms with E-state index in [1.807, 2.05) is 0 Å². The minimum absolute atomic E-state index is 0.931. The molecule has 0 nitrogen and oxygen atoms in total. The third-order valence-electron chi connectivity index (χ3n) is 2.14. The number of allylic oxidation sites excluding steroid dienone is 4. The number of rotatable bonds is 0. The zero-order chi connectivity index (χ0) is 5.56. The lowest BCUT2D eigenvalue weighted by Gasteiger charge is -1.98. The Morgan fingerprint density at radius 1 is 1.62 bits per heavy atom. The largest absolute Gasteiger partial charge is 0.0808 e. The van der Waals surface area contributed by atoms with Crippen LogP contribution in [0.5, 0.6) is 0 Å². The highest BCUT2D eigenvalue weighted by molar-refractivity contribution is 5.28. The highest BCUT2D eigenvalue weighted by atomic mass is 14.4. The maximum Gasteiger partial charge on any atom is -0.0134 e. The average Bonchev–Trinajstić information content (AvgIpc) is 2.45. The maximum atomic E-state index is 2.32. The fraction of sp³-hybridized carbons (Fsp3) is 0.500. The van der Waals surface area contributed by atoms with E-state index in [0.29, 0.717) is 0 Å². The second-order valence-electron chi connectivity index (χ2n) is 2.80. The predicted molar refractivity (Wildman–Crippen MR) is 34.5 cm³/mol. The smallest absolute Gasteiger partial charge is 0.0134 e. The number of hydrogen-bond acceptors (Lipinski definition) is 0. The van der Waals surface area contributed by atoms with Gasteiger partial charge in [-0.1, -0.05) is 23.8 Å². The van der Waals surface area contributed by atoms with E-state index in [-0.39, 0.29) is 0 Å². The van der Waals surface area contributed by atoms with E-state index < -0.39 is 0 Å². The summed E-state index contributed by atoms with van der Waals surface area (Å²) in [5.41, 5.74) is 1.58. The first kappa shape index (κ1) is 4.37. The van der Waals surface area contributed by atoms with Gasteiger partial charge in [0, 0.05) is 0 Å². The van der Waals surface area contributed by atoms with Crippen LogP contribution >= 0.6 is 0 Å². The first-order valence-corrected chi connectivity index (χ1v) is 3.23. The molecule has 0 radical (unpaired) electrons. The molecule has 0 aromatic carbocycles. The number of hydrogen-bond donors (Lipinski definition) is 0. The Hall–Kier alpha value is -0.520. The zero-order valence-corrected chi connectivity index (χ0v) is 5.09. The van der Waals surface area contributed by atoms with Crippen LogP contribution in [0.1, 0.15) is 13.3 Å². The summed E-state index contributed by atoms with van der Waals surface area (Å²) in [5.74, 6) is 1.87. The lowest BCUT2D eigenvalue weighted by atomic mass is 10.1. The molecule has 1 saturated carbocycles. The van der Waals surface area contributed by atoms with Crippen molar-refractivity contribution < 1.29 is 0 Å². The molecule has 8 heavy (non-hydrogen) atoms. The van der Waals surface area contributed by atoms with Gasteiger partial charge in [0.2, 0.25) is 0 Å². The van der Waals surface area contributed by atoms with Crippen molar-refractivity contribution in [1.29, 1.82) is 0 Å². The van der Waals surface area contributed by atoms with Crippen LogP contribution in [0.15, 0.2) is 23.8 Å². The van der Waals surface area contributed by atoms with Gasteiger partial charge >= 0.3 is 0 Å². The molecule has 2 aliphatic carbocycles. The van der Waals surface area contributed by atoms with Gasteiger partial charge in [-0.25, -0.2) is 0 Å². The van der Waals surface area contributed by atoms with Crippen molar-refractivity contribution in [3.63, 3.8) is 0 Å². The Kier molecular flexibility index (Phi) is 0.682. The van der Waals surface area contributed by atoms with E-state index in [9.17, 15) is 0 Å². The van der Waals surface area contributed by atoms with Crippen LogP contribution in [0.3, 0.4) is 0 Å². The molecule has 0 aromatic rings. The van der Waals surface area contributed by atoms with Crippen LogP contribution in [0.25, 0.3) is 0 Å². The van der Waals surface area contributed by atoms with Crippen molar-refractivity contribution in [3.8, 4) is 0 Å². The Bertz CT molecular complexity index is 163. The predicted octanol–water partition coefficient (Wildman–Crippen LogP) is 2.14. The minimum Gasteiger partial charge on any atom is -0.0808 e. The average molecular weight is 106 g/mol. The summed E-state index contributed by atoms with van der Waals surface area (Å²) < 4.78 is 0. The molecule has 2 aliphatic rings. The third kappa shape index (κ3) is 0.459. The summed E-state index contributed by atoms with van der Waals surface area (Å²) in [4.78, 5) is 0. The Morgan fingerprint density at radius 3 is 3.12 bits per heavy atom. The zero-order valence-electron chi connectivity index (χ0n) is 5.09. The summed E-state index contributed by atoms with van der Waals surface area (Å²) in [5, 5.41) is 0. The van der Waals surface area contributed by atoms with Crippen molar-refractivity contribution in [2.75, 3.05) is 0 Å². The van der Waals surface area contributed by atoms with E-state index >= 15 is 0 Å². The van der Waals surface area contributed by atoms with Crippen LogP contribution in [0, 0.1) is 11.8 Å². The molecule has 0 saturated heterocycles. The van der Waals surface area contributed by atoms with E-state index in [2.05, 4.69) is 25.2 Å². The van der Waals surface area contributed by atoms with Crippen LogP contribution in [0.2, 0.25) is 0 Å². The van der Waals surface area contributed by atoms with Gasteiger partial charge in [0.25, 0.3) is 0 Å². The molecular weight excluding hydrogens is 96.1 g/mol. The first-order valence-electron chi connectivity index (χ1n) is 3.23. The van der Waals surface area contributed by atoms with Gasteiger partial charge in [-0.2, -0.15) is 0 Å². The van der Waals surface area contributed by atoms with Gasteiger partial charge in [-0.05, 0) is 25.2 Å². The quantitative estimate of drug-likeness (QED) is 0.444. The highest BCUT2D eigenvalue weighted by Crippen LogP contribution is 2.46. The second-order valence-corrected chi connectivity index (χ2v) is 2.80. The molecule has 2 atom stereocenters. The minimum atomic E-state index is 0.931. The lowest BCUT2D eigenvalue weighted by molar-refractivity contribution is 0.909. The molecule has 2 rings (SSSR count). The van der Waals surface area contributed by atoms with Crippen molar-refractivity contribution in [3.05, 3.63) is 23.8 Å². The summed E-state index contributed by atoms with van der Waals surface area (Å²) in [7, 11) is 0. The van der Waals surface area contributed by atoms with E-state index in [4.69, 9.17) is 0 Å². The fourth-order valence-corrected chi connectivity index (χ4v) is 1.42. The molecule has 0 spiro atoms. The monoisotopic (exact) mass is 106 g/mol. The SMILES string of the molecule is CC1=CC=C[C@H]2CC12. The highest BCUT2D eigenvalue weighted by Gasteiger charge is 2.36. The van der Waals surface area contributed by atoms with Gasteiger partial charge in [-0.3, -0.25) is 0 Å². The lowest BCUT2D eigenvalue weighted by Crippen LogP contribution is -1.84. The Morgan fingerprint density at radius 2 is 2.50 bits per heavy atom. The van der Waals surface area contributed by atoms with Crippen LogP contribution < -0.4 is 0 Å². The molecule has 0 N–H and O–H groups in total. The normalized spacial score (nSPS) is 40.9. The van der Waals surface area contributed by atoms with Crippen LogP contribution in [0.4, 0.5) is 0 Å². The second kappa shape index (κ2) is 1.25. The van der Waals surface area contributed by atoms with E-state index in [1.165, 1.54) is 6.42 Å². The van der Waals surface area contributed by atoms with Gasteiger partial charge < -0.3 is 0 Å². The molecule has 42 valence electrons. The van der Waals surface area contributed by atoms with Gasteiger partial charge in [0.15, 0.2) is 0 Å². The standard InChI is InChI=1S/C8H10/c1-6-3-2-4-7-5-8(6)7/h2-4,7-8H,5H2,1H3/t7-,8?/m0/s1. The Labute approximate surface area is 49.9 Å². The summed E-state index contributed by atoms with van der Waals surface area (Å²) in [6.07, 6.45) is 8.15. The molecule has 0 aliphatic heterocycles. The summed E-state index contributed by atoms with van der Waals surface area (Å²) in [6.45, 7) is 2.23. The van der Waals surface area contributed by atoms with Gasteiger partial charge in [0.1, 0.15) is 0 Å². The van der Waals surface area contributed by atoms with Crippen molar-refractivity contribution in [1.82, 2.24) is 0 Å². The first-order chi connectivity index (χ1) is 3.88. The Balaban J connectivity index is 2.30. The molecule has 0 amide bonds. The van der Waals surface area contributed by atoms with E-state index in [1.54, 1.807) is 5.57 Å². The van der Waals surface area contributed by atoms with Gasteiger partial charge in [0.05, 0.1) is 0 Å². The molecule has 0 heterocycles. The topological polar surface area (TPSA) is 0 Å². The molecule has 1 unspecified atom stereocenters. The summed E-state index contributed by atoms with van der Waals surface area (Å²) in [6, 6.07) is 0. The van der Waals surface area contributed by atoms with E-state index in [0.717, 1.165) is 11.8 Å². The molecular formula is C8H10. The molecule has 0 bridgehead atoms. The molecule has 0 heteroatoms. The molecule has 0 aromatic heterocycles. The summed E-state index contributed by atoms with van der Waals surface area (Å²) >= 11 is 0.